The highest BCUT2D eigenvalue weighted by Crippen LogP contribution is 2.51. The van der Waals surface area contributed by atoms with Crippen LogP contribution in [-0.4, -0.2) is 39.8 Å². The second-order valence-electron chi connectivity index (χ2n) is 8.09. The van der Waals surface area contributed by atoms with Crippen molar-refractivity contribution in [3.8, 4) is 0 Å². The monoisotopic (exact) mass is 385 g/mol. The Labute approximate surface area is 162 Å². The molecule has 1 aromatic carbocycles. The Morgan fingerprint density at radius 3 is 2.89 bits per heavy atom. The molecule has 1 aliphatic carbocycles. The second kappa shape index (κ2) is 6.74. The molecule has 0 bridgehead atoms. The highest BCUT2D eigenvalue weighted by molar-refractivity contribution is 7.99. The van der Waals surface area contributed by atoms with Crippen molar-refractivity contribution in [1.82, 2.24) is 14.5 Å². The maximum absolute atomic E-state index is 13.2. The van der Waals surface area contributed by atoms with E-state index >= 15 is 0 Å². The minimum atomic E-state index is -0.161. The Bertz CT molecular complexity index is 926. The number of aromatic nitrogens is 2. The van der Waals surface area contributed by atoms with Gasteiger partial charge in [0, 0.05) is 43.2 Å². The van der Waals surface area contributed by atoms with Crippen molar-refractivity contribution in [2.75, 3.05) is 25.4 Å². The number of nitrogens with zero attached hydrogens (tertiary/aromatic N) is 3. The quantitative estimate of drug-likeness (QED) is 0.758. The summed E-state index contributed by atoms with van der Waals surface area (Å²) in [7, 11) is 0. The average molecular weight is 386 g/mol. The zero-order chi connectivity index (χ0) is 18.5. The Morgan fingerprint density at radius 2 is 2.07 bits per heavy atom. The third-order valence-corrected chi connectivity index (χ3v) is 7.55. The Kier molecular flexibility index (Phi) is 4.36. The van der Waals surface area contributed by atoms with Crippen LogP contribution in [0.4, 0.5) is 4.39 Å². The summed E-state index contributed by atoms with van der Waals surface area (Å²) in [5.41, 5.74) is 3.21. The van der Waals surface area contributed by atoms with Crippen LogP contribution < -0.4 is 5.56 Å². The highest BCUT2D eigenvalue weighted by Gasteiger charge is 2.47. The van der Waals surface area contributed by atoms with Crippen LogP contribution in [0.5, 0.6) is 0 Å². The summed E-state index contributed by atoms with van der Waals surface area (Å²) in [6.45, 7) is 5.88. The lowest BCUT2D eigenvalue weighted by atomic mass is 9.64. The molecule has 5 rings (SSSR count). The molecule has 3 unspecified atom stereocenters. The number of aryl methyl sites for hydroxylation is 1. The fourth-order valence-corrected chi connectivity index (χ4v) is 6.03. The van der Waals surface area contributed by atoms with Gasteiger partial charge >= 0.3 is 0 Å². The van der Waals surface area contributed by atoms with Crippen molar-refractivity contribution in [2.24, 2.45) is 11.8 Å². The topological polar surface area (TPSA) is 38.1 Å². The van der Waals surface area contributed by atoms with E-state index in [-0.39, 0.29) is 11.4 Å². The molecular weight excluding hydrogens is 361 g/mol. The summed E-state index contributed by atoms with van der Waals surface area (Å²) in [6.07, 6.45) is 1.98. The molecule has 3 atom stereocenters. The molecular formula is C21H24FN3OS. The maximum atomic E-state index is 13.2. The Balaban J connectivity index is 1.24. The van der Waals surface area contributed by atoms with Gasteiger partial charge in [-0.15, -0.1) is 0 Å². The standard InChI is InChI=1S/C21H24FN3OS/c1-13-17(20(26)25-8-9-27-21(25)23-13)6-7-24-11-15-10-18(19(15)12-24)14-2-4-16(22)5-3-14/h2-5,15,18-19H,6-12H2,1H3. The van der Waals surface area contributed by atoms with E-state index < -0.39 is 0 Å². The summed E-state index contributed by atoms with van der Waals surface area (Å²) in [5, 5.41) is 0.877. The number of rotatable bonds is 4. The van der Waals surface area contributed by atoms with E-state index in [1.54, 1.807) is 23.9 Å². The number of thioether (sulfide) groups is 1. The van der Waals surface area contributed by atoms with E-state index in [0.717, 1.165) is 60.7 Å². The molecule has 6 heteroatoms. The van der Waals surface area contributed by atoms with Crippen LogP contribution in [0.2, 0.25) is 0 Å². The number of hydrogen-bond donors (Lipinski definition) is 0. The minimum absolute atomic E-state index is 0.161. The van der Waals surface area contributed by atoms with E-state index in [4.69, 9.17) is 0 Å². The molecule has 2 fully saturated rings. The largest absolute Gasteiger partial charge is 0.302 e. The van der Waals surface area contributed by atoms with E-state index in [1.165, 1.54) is 12.0 Å². The van der Waals surface area contributed by atoms with Crippen LogP contribution in [0.25, 0.3) is 0 Å². The molecule has 0 spiro atoms. The first kappa shape index (κ1) is 17.4. The van der Waals surface area contributed by atoms with E-state index in [0.29, 0.717) is 11.8 Å². The second-order valence-corrected chi connectivity index (χ2v) is 9.15. The van der Waals surface area contributed by atoms with Crippen molar-refractivity contribution >= 4 is 11.8 Å². The zero-order valence-electron chi connectivity index (χ0n) is 15.5. The third-order valence-electron chi connectivity index (χ3n) is 6.60. The van der Waals surface area contributed by atoms with Crippen molar-refractivity contribution in [3.05, 3.63) is 57.3 Å². The summed E-state index contributed by atoms with van der Waals surface area (Å²) >= 11 is 1.67. The predicted octanol–water partition coefficient (Wildman–Crippen LogP) is 3.07. The normalized spacial score (nSPS) is 26.7. The molecule has 1 aromatic heterocycles. The summed E-state index contributed by atoms with van der Waals surface area (Å²) in [5.74, 6) is 2.77. The highest BCUT2D eigenvalue weighted by atomic mass is 32.2. The van der Waals surface area contributed by atoms with Gasteiger partial charge in [-0.05, 0) is 55.2 Å². The van der Waals surface area contributed by atoms with Crippen LogP contribution in [-0.2, 0) is 13.0 Å². The fourth-order valence-electron chi connectivity index (χ4n) is 5.04. The number of benzene rings is 1. The minimum Gasteiger partial charge on any atom is -0.302 e. The van der Waals surface area contributed by atoms with Gasteiger partial charge in [0.2, 0.25) is 0 Å². The molecule has 142 valence electrons. The van der Waals surface area contributed by atoms with Gasteiger partial charge in [0.15, 0.2) is 5.16 Å². The molecule has 2 aliphatic heterocycles. The van der Waals surface area contributed by atoms with Gasteiger partial charge in [0.1, 0.15) is 5.82 Å². The Morgan fingerprint density at radius 1 is 1.26 bits per heavy atom. The zero-order valence-corrected chi connectivity index (χ0v) is 16.3. The fraction of sp³-hybridized carbons (Fsp3) is 0.524. The molecule has 0 radical (unpaired) electrons. The van der Waals surface area contributed by atoms with Gasteiger partial charge in [-0.1, -0.05) is 23.9 Å². The SMILES string of the molecule is Cc1nc2n(c(=O)c1CCN1CC3CC(c4ccc(F)cc4)C3C1)CCS2. The van der Waals surface area contributed by atoms with E-state index in [9.17, 15) is 9.18 Å². The van der Waals surface area contributed by atoms with Crippen LogP contribution in [0, 0.1) is 24.6 Å². The van der Waals surface area contributed by atoms with Crippen molar-refractivity contribution < 1.29 is 4.39 Å². The molecule has 1 saturated carbocycles. The lowest BCUT2D eigenvalue weighted by Crippen LogP contribution is -2.33. The predicted molar refractivity (Wildman–Crippen MR) is 105 cm³/mol. The molecule has 1 saturated heterocycles. The van der Waals surface area contributed by atoms with Gasteiger partial charge in [-0.25, -0.2) is 9.37 Å². The average Bonchev–Trinajstić information content (AvgIpc) is 3.22. The first-order valence-corrected chi connectivity index (χ1v) is 10.8. The van der Waals surface area contributed by atoms with Crippen LogP contribution in [0.3, 0.4) is 0 Å². The van der Waals surface area contributed by atoms with Gasteiger partial charge < -0.3 is 4.90 Å². The van der Waals surface area contributed by atoms with Crippen molar-refractivity contribution in [2.45, 2.75) is 37.4 Å². The summed E-state index contributed by atoms with van der Waals surface area (Å²) in [4.78, 5) is 19.9. The van der Waals surface area contributed by atoms with Crippen molar-refractivity contribution in [1.29, 1.82) is 0 Å². The summed E-state index contributed by atoms with van der Waals surface area (Å²) < 4.78 is 15.0. The van der Waals surface area contributed by atoms with Gasteiger partial charge in [0.05, 0.1) is 0 Å². The lowest BCUT2D eigenvalue weighted by Gasteiger charge is -2.40. The molecule has 3 heterocycles. The number of fused-ring (bicyclic) bond motifs is 2. The Hall–Kier alpha value is -1.66. The maximum Gasteiger partial charge on any atom is 0.257 e. The first-order chi connectivity index (χ1) is 13.1. The molecule has 0 amide bonds. The lowest BCUT2D eigenvalue weighted by molar-refractivity contribution is 0.191. The van der Waals surface area contributed by atoms with E-state index in [2.05, 4.69) is 9.88 Å². The van der Waals surface area contributed by atoms with Crippen LogP contribution in [0.15, 0.2) is 34.2 Å². The van der Waals surface area contributed by atoms with Crippen molar-refractivity contribution in [3.63, 3.8) is 0 Å². The summed E-state index contributed by atoms with van der Waals surface area (Å²) in [6, 6.07) is 7.03. The van der Waals surface area contributed by atoms with Gasteiger partial charge in [-0.3, -0.25) is 9.36 Å². The van der Waals surface area contributed by atoms with Gasteiger partial charge in [-0.2, -0.15) is 0 Å². The molecule has 0 N–H and O–H groups in total. The molecule has 27 heavy (non-hydrogen) atoms. The molecule has 4 nitrogen and oxygen atoms in total. The first-order valence-electron chi connectivity index (χ1n) is 9.81. The number of halogens is 1. The van der Waals surface area contributed by atoms with Gasteiger partial charge in [0.25, 0.3) is 5.56 Å². The third kappa shape index (κ3) is 3.03. The number of likely N-dealkylation sites (tertiary alicyclic amines) is 1. The molecule has 3 aliphatic rings. The smallest absolute Gasteiger partial charge is 0.257 e. The van der Waals surface area contributed by atoms with E-state index in [1.807, 2.05) is 23.6 Å². The number of hydrogen-bond acceptors (Lipinski definition) is 4. The van der Waals surface area contributed by atoms with Crippen LogP contribution in [0.1, 0.15) is 29.2 Å². The molecule has 2 aromatic rings. The van der Waals surface area contributed by atoms with Crippen LogP contribution >= 0.6 is 11.8 Å².